The molecule has 116 valence electrons. The summed E-state index contributed by atoms with van der Waals surface area (Å²) >= 11 is 6.24. The molecule has 2 heterocycles. The highest BCUT2D eigenvalue weighted by atomic mass is 79.9. The number of halogens is 1. The second kappa shape index (κ2) is 7.03. The molecule has 0 aliphatic rings. The lowest BCUT2D eigenvalue weighted by Crippen LogP contribution is -2.41. The maximum absolute atomic E-state index is 12.1. The third-order valence-electron chi connectivity index (χ3n) is 2.91. The van der Waals surface area contributed by atoms with Crippen LogP contribution in [-0.2, 0) is 0 Å². The average Bonchev–Trinajstić information content (AvgIpc) is 3.23. The van der Waals surface area contributed by atoms with Gasteiger partial charge in [0.15, 0.2) is 0 Å². The van der Waals surface area contributed by atoms with Crippen molar-refractivity contribution in [2.75, 3.05) is 0 Å². The number of carbonyl (C=O) groups is 2. The molecule has 0 unspecified atom stereocenters. The van der Waals surface area contributed by atoms with Crippen LogP contribution in [-0.4, -0.2) is 16.8 Å². The Kier molecular flexibility index (Phi) is 4.85. The molecule has 3 aromatic rings. The van der Waals surface area contributed by atoms with Gasteiger partial charge in [-0.3, -0.25) is 20.4 Å². The fourth-order valence-corrected chi connectivity index (χ4v) is 3.76. The van der Waals surface area contributed by atoms with E-state index in [0.717, 1.165) is 10.6 Å². The van der Waals surface area contributed by atoms with E-state index in [0.29, 0.717) is 10.0 Å². The van der Waals surface area contributed by atoms with Gasteiger partial charge in [-0.15, -0.1) is 11.3 Å². The summed E-state index contributed by atoms with van der Waals surface area (Å²) in [7, 11) is 0. The zero-order valence-electron chi connectivity index (χ0n) is 11.6. The Hall–Kier alpha value is -2.03. The number of benzene rings is 1. The number of thiazole rings is 1. The van der Waals surface area contributed by atoms with Gasteiger partial charge in [0, 0.05) is 20.8 Å². The van der Waals surface area contributed by atoms with Gasteiger partial charge in [0.1, 0.15) is 10.7 Å². The average molecular weight is 408 g/mol. The number of nitrogens with one attached hydrogen (secondary N) is 2. The normalized spacial score (nSPS) is 10.3. The van der Waals surface area contributed by atoms with Crippen LogP contribution in [0.15, 0.2) is 50.9 Å². The van der Waals surface area contributed by atoms with Crippen LogP contribution in [0.4, 0.5) is 0 Å². The largest absolute Gasteiger partial charge is 0.289 e. The lowest BCUT2D eigenvalue weighted by molar-refractivity contribution is 0.0844. The predicted octanol–water partition coefficient (Wildman–Crippen LogP) is 3.71. The van der Waals surface area contributed by atoms with E-state index in [4.69, 9.17) is 0 Å². The number of hydrogen-bond donors (Lipinski definition) is 2. The van der Waals surface area contributed by atoms with Crippen LogP contribution in [0.25, 0.3) is 10.6 Å². The lowest BCUT2D eigenvalue weighted by Gasteiger charge is -2.07. The molecule has 0 fully saturated rings. The Morgan fingerprint density at radius 1 is 1.04 bits per heavy atom. The Morgan fingerprint density at radius 3 is 2.57 bits per heavy atom. The van der Waals surface area contributed by atoms with Gasteiger partial charge in [0.25, 0.3) is 11.8 Å². The van der Waals surface area contributed by atoms with Crippen molar-refractivity contribution in [3.05, 3.63) is 62.2 Å². The minimum atomic E-state index is -0.455. The van der Waals surface area contributed by atoms with E-state index in [1.165, 1.54) is 11.3 Å². The van der Waals surface area contributed by atoms with Crippen molar-refractivity contribution in [1.29, 1.82) is 0 Å². The number of amides is 2. The molecular formula is C15H10BrN3O2S2. The van der Waals surface area contributed by atoms with E-state index in [1.807, 2.05) is 16.8 Å². The van der Waals surface area contributed by atoms with Crippen LogP contribution in [0.1, 0.15) is 20.8 Å². The zero-order chi connectivity index (χ0) is 16.2. The summed E-state index contributed by atoms with van der Waals surface area (Å²) in [6.45, 7) is 0. The number of rotatable bonds is 3. The van der Waals surface area contributed by atoms with E-state index in [9.17, 15) is 9.59 Å². The first kappa shape index (κ1) is 15.9. The topological polar surface area (TPSA) is 71.1 Å². The van der Waals surface area contributed by atoms with Crippen molar-refractivity contribution in [2.24, 2.45) is 0 Å². The molecule has 1 aromatic carbocycles. The molecule has 23 heavy (non-hydrogen) atoms. The molecular weight excluding hydrogens is 398 g/mol. The summed E-state index contributed by atoms with van der Waals surface area (Å²) in [5.74, 6) is -0.859. The van der Waals surface area contributed by atoms with E-state index < -0.39 is 11.8 Å². The molecule has 8 heteroatoms. The molecule has 0 aliphatic carbocycles. The second-order valence-corrected chi connectivity index (χ2v) is 6.93. The van der Waals surface area contributed by atoms with Crippen molar-refractivity contribution < 1.29 is 9.59 Å². The SMILES string of the molecule is O=C(NNC(=O)c1ccccc1Br)c1csc(-c2ccsc2)n1. The first-order valence-corrected chi connectivity index (χ1v) is 9.10. The number of hydrogen-bond acceptors (Lipinski definition) is 5. The highest BCUT2D eigenvalue weighted by Crippen LogP contribution is 2.25. The first-order chi connectivity index (χ1) is 11.1. The highest BCUT2D eigenvalue weighted by Gasteiger charge is 2.14. The fourth-order valence-electron chi connectivity index (χ4n) is 1.79. The highest BCUT2D eigenvalue weighted by molar-refractivity contribution is 9.10. The Bertz CT molecular complexity index is 846. The molecule has 0 spiro atoms. The molecule has 0 saturated carbocycles. The number of carbonyl (C=O) groups excluding carboxylic acids is 2. The Labute approximate surface area is 148 Å². The minimum absolute atomic E-state index is 0.267. The third-order valence-corrected chi connectivity index (χ3v) is 5.18. The van der Waals surface area contributed by atoms with E-state index in [-0.39, 0.29) is 5.69 Å². The van der Waals surface area contributed by atoms with E-state index >= 15 is 0 Å². The van der Waals surface area contributed by atoms with Crippen molar-refractivity contribution in [1.82, 2.24) is 15.8 Å². The molecule has 0 aliphatic heterocycles. The standard InChI is InChI=1S/C15H10BrN3O2S2/c16-11-4-2-1-3-10(11)13(20)18-19-14(21)12-8-23-15(17-12)9-5-6-22-7-9/h1-8H,(H,18,20)(H,19,21). The molecule has 2 N–H and O–H groups in total. The maximum atomic E-state index is 12.1. The van der Waals surface area contributed by atoms with Crippen molar-refractivity contribution in [2.45, 2.75) is 0 Å². The molecule has 2 aromatic heterocycles. The van der Waals surface area contributed by atoms with Gasteiger partial charge < -0.3 is 0 Å². The van der Waals surface area contributed by atoms with Crippen molar-refractivity contribution in [3.8, 4) is 10.6 Å². The number of thiophene rings is 1. The molecule has 0 radical (unpaired) electrons. The van der Waals surface area contributed by atoms with Gasteiger partial charge in [-0.2, -0.15) is 11.3 Å². The lowest BCUT2D eigenvalue weighted by atomic mass is 10.2. The quantitative estimate of drug-likeness (QED) is 0.650. The van der Waals surface area contributed by atoms with E-state index in [1.54, 1.807) is 41.0 Å². The number of hydrazine groups is 1. The van der Waals surface area contributed by atoms with Crippen molar-refractivity contribution >= 4 is 50.4 Å². The van der Waals surface area contributed by atoms with Gasteiger partial charge in [-0.05, 0) is 39.5 Å². The van der Waals surface area contributed by atoms with E-state index in [2.05, 4.69) is 31.8 Å². The van der Waals surface area contributed by atoms with Crippen LogP contribution in [0.3, 0.4) is 0 Å². The van der Waals surface area contributed by atoms with Crippen LogP contribution in [0.5, 0.6) is 0 Å². The second-order valence-electron chi connectivity index (χ2n) is 4.44. The predicted molar refractivity (Wildman–Crippen MR) is 94.5 cm³/mol. The summed E-state index contributed by atoms with van der Waals surface area (Å²) in [6, 6.07) is 8.91. The van der Waals surface area contributed by atoms with Crippen LogP contribution < -0.4 is 10.9 Å². The van der Waals surface area contributed by atoms with Gasteiger partial charge in [0.05, 0.1) is 5.56 Å². The van der Waals surface area contributed by atoms with Gasteiger partial charge in [0.2, 0.25) is 0 Å². The Balaban J connectivity index is 1.64. The molecule has 0 saturated heterocycles. The smallest absolute Gasteiger partial charge is 0.267 e. The summed E-state index contributed by atoms with van der Waals surface area (Å²) in [4.78, 5) is 28.4. The molecule has 5 nitrogen and oxygen atoms in total. The maximum Gasteiger partial charge on any atom is 0.289 e. The van der Waals surface area contributed by atoms with Crippen LogP contribution in [0.2, 0.25) is 0 Å². The summed E-state index contributed by atoms with van der Waals surface area (Å²) < 4.78 is 0.653. The molecule has 2 amide bonds. The third kappa shape index (κ3) is 3.66. The van der Waals surface area contributed by atoms with Crippen LogP contribution in [0, 0.1) is 0 Å². The summed E-state index contributed by atoms with van der Waals surface area (Å²) in [5, 5.41) is 6.35. The summed E-state index contributed by atoms with van der Waals surface area (Å²) in [5.41, 5.74) is 6.44. The monoisotopic (exact) mass is 407 g/mol. The zero-order valence-corrected chi connectivity index (χ0v) is 14.8. The van der Waals surface area contributed by atoms with Gasteiger partial charge in [-0.1, -0.05) is 12.1 Å². The first-order valence-electron chi connectivity index (χ1n) is 6.48. The Morgan fingerprint density at radius 2 is 1.83 bits per heavy atom. The van der Waals surface area contributed by atoms with Crippen LogP contribution >= 0.6 is 38.6 Å². The fraction of sp³-hybridized carbons (Fsp3) is 0. The number of nitrogens with zero attached hydrogens (tertiary/aromatic N) is 1. The minimum Gasteiger partial charge on any atom is -0.267 e. The summed E-state index contributed by atoms with van der Waals surface area (Å²) in [6.07, 6.45) is 0. The van der Waals surface area contributed by atoms with Gasteiger partial charge in [-0.25, -0.2) is 4.98 Å². The molecule has 0 bridgehead atoms. The van der Waals surface area contributed by atoms with Crippen molar-refractivity contribution in [3.63, 3.8) is 0 Å². The number of aromatic nitrogens is 1. The molecule has 3 rings (SSSR count). The van der Waals surface area contributed by atoms with Gasteiger partial charge >= 0.3 is 0 Å². The molecule has 0 atom stereocenters.